The minimum absolute atomic E-state index is 0.0538. The lowest BCUT2D eigenvalue weighted by Gasteiger charge is -2.26. The van der Waals surface area contributed by atoms with Crippen molar-refractivity contribution in [2.24, 2.45) is 11.8 Å². The number of fused-ring (bicyclic) bond motifs is 1. The van der Waals surface area contributed by atoms with Gasteiger partial charge in [0.2, 0.25) is 0 Å². The molecule has 0 aliphatic carbocycles. The van der Waals surface area contributed by atoms with E-state index in [0.717, 1.165) is 26.2 Å². The summed E-state index contributed by atoms with van der Waals surface area (Å²) < 4.78 is 22.9. The molecule has 0 aromatic rings. The maximum Gasteiger partial charge on any atom is 0.154 e. The van der Waals surface area contributed by atoms with E-state index in [-0.39, 0.29) is 17.5 Å². The number of nitrogens with zero attached hydrogens (tertiary/aromatic N) is 1. The van der Waals surface area contributed by atoms with Crippen LogP contribution in [0.5, 0.6) is 0 Å². The SMILES string of the molecule is O=S1(=O)CC(O)C(N2C[C@H]3CNC[C@H]3C2)C1. The zero-order valence-electron chi connectivity index (χ0n) is 9.17. The van der Waals surface area contributed by atoms with E-state index in [2.05, 4.69) is 10.2 Å². The van der Waals surface area contributed by atoms with Crippen LogP contribution in [0.2, 0.25) is 0 Å². The Labute approximate surface area is 95.7 Å². The van der Waals surface area contributed by atoms with Crippen LogP contribution in [0.15, 0.2) is 0 Å². The van der Waals surface area contributed by atoms with Crippen LogP contribution in [0.1, 0.15) is 0 Å². The molecule has 0 radical (unpaired) electrons. The fourth-order valence-corrected chi connectivity index (χ4v) is 5.15. The van der Waals surface area contributed by atoms with Crippen molar-refractivity contribution in [3.8, 4) is 0 Å². The van der Waals surface area contributed by atoms with Crippen molar-refractivity contribution in [3.63, 3.8) is 0 Å². The fraction of sp³-hybridized carbons (Fsp3) is 1.00. The van der Waals surface area contributed by atoms with Crippen LogP contribution >= 0.6 is 0 Å². The maximum atomic E-state index is 11.5. The molecule has 3 saturated heterocycles. The lowest BCUT2D eigenvalue weighted by Crippen LogP contribution is -2.43. The maximum absolute atomic E-state index is 11.5. The smallest absolute Gasteiger partial charge is 0.154 e. The van der Waals surface area contributed by atoms with Crippen LogP contribution < -0.4 is 5.32 Å². The molecule has 3 heterocycles. The number of nitrogens with one attached hydrogen (secondary N) is 1. The summed E-state index contributed by atoms with van der Waals surface area (Å²) in [6, 6.07) is -0.157. The average Bonchev–Trinajstić information content (AvgIpc) is 2.76. The third kappa shape index (κ3) is 1.77. The van der Waals surface area contributed by atoms with Crippen LogP contribution in [0.4, 0.5) is 0 Å². The zero-order chi connectivity index (χ0) is 11.3. The Bertz CT molecular complexity index is 372. The number of rotatable bonds is 1. The number of likely N-dealkylation sites (tertiary alicyclic amines) is 1. The van der Waals surface area contributed by atoms with Gasteiger partial charge < -0.3 is 10.4 Å². The van der Waals surface area contributed by atoms with Crippen LogP contribution in [0.3, 0.4) is 0 Å². The van der Waals surface area contributed by atoms with E-state index < -0.39 is 15.9 Å². The van der Waals surface area contributed by atoms with Crippen molar-refractivity contribution in [1.29, 1.82) is 0 Å². The minimum atomic E-state index is -3.01. The van der Waals surface area contributed by atoms with Crippen LogP contribution in [-0.4, -0.2) is 68.3 Å². The third-order valence-electron chi connectivity index (χ3n) is 4.18. The lowest BCUT2D eigenvalue weighted by molar-refractivity contribution is 0.0940. The van der Waals surface area contributed by atoms with Crippen molar-refractivity contribution in [3.05, 3.63) is 0 Å². The second-order valence-electron chi connectivity index (χ2n) is 5.34. The van der Waals surface area contributed by atoms with Gasteiger partial charge in [0.25, 0.3) is 0 Å². The van der Waals surface area contributed by atoms with Gasteiger partial charge in [-0.05, 0) is 24.9 Å². The summed E-state index contributed by atoms with van der Waals surface area (Å²) in [6.07, 6.45) is -0.684. The topological polar surface area (TPSA) is 69.6 Å². The van der Waals surface area contributed by atoms with Crippen molar-refractivity contribution in [2.75, 3.05) is 37.7 Å². The molecule has 0 aromatic carbocycles. The monoisotopic (exact) mass is 246 g/mol. The van der Waals surface area contributed by atoms with E-state index in [1.54, 1.807) is 0 Å². The summed E-state index contributed by atoms with van der Waals surface area (Å²) >= 11 is 0. The van der Waals surface area contributed by atoms with Gasteiger partial charge in [-0.3, -0.25) is 4.90 Å². The highest BCUT2D eigenvalue weighted by Crippen LogP contribution is 2.30. The lowest BCUT2D eigenvalue weighted by atomic mass is 10.0. The predicted octanol–water partition coefficient (Wildman–Crippen LogP) is -1.70. The first-order valence-electron chi connectivity index (χ1n) is 5.88. The van der Waals surface area contributed by atoms with E-state index in [9.17, 15) is 13.5 Å². The summed E-state index contributed by atoms with van der Waals surface area (Å²) in [5, 5.41) is 13.2. The van der Waals surface area contributed by atoms with Crippen LogP contribution in [-0.2, 0) is 9.84 Å². The standard InChI is InChI=1S/C10H18N2O3S/c13-10-6-16(14,15)5-9(10)12-3-7-1-11-2-8(7)4-12/h7-11,13H,1-6H2/t7-,8+,9?,10?. The molecule has 3 aliphatic rings. The van der Waals surface area contributed by atoms with Crippen molar-refractivity contribution in [1.82, 2.24) is 10.2 Å². The summed E-state index contributed by atoms with van der Waals surface area (Å²) in [5.74, 6) is 1.38. The summed E-state index contributed by atoms with van der Waals surface area (Å²) in [6.45, 7) is 3.96. The van der Waals surface area contributed by atoms with Gasteiger partial charge in [0.15, 0.2) is 9.84 Å². The summed E-state index contributed by atoms with van der Waals surface area (Å²) in [7, 11) is -3.01. The molecule has 2 unspecified atom stereocenters. The molecule has 3 rings (SSSR count). The Morgan fingerprint density at radius 1 is 1.12 bits per heavy atom. The normalized spacial score (nSPS) is 47.3. The molecule has 3 aliphatic heterocycles. The number of hydrogen-bond donors (Lipinski definition) is 2. The Morgan fingerprint density at radius 3 is 2.25 bits per heavy atom. The summed E-state index contributed by atoms with van der Waals surface area (Å²) in [5.41, 5.74) is 0. The largest absolute Gasteiger partial charge is 0.390 e. The zero-order valence-corrected chi connectivity index (χ0v) is 9.99. The Hall–Kier alpha value is -0.170. The Morgan fingerprint density at radius 2 is 1.75 bits per heavy atom. The van der Waals surface area contributed by atoms with Gasteiger partial charge in [0.1, 0.15) is 0 Å². The van der Waals surface area contributed by atoms with Crippen molar-refractivity contribution >= 4 is 9.84 Å². The summed E-state index contributed by atoms with van der Waals surface area (Å²) in [4.78, 5) is 2.19. The van der Waals surface area contributed by atoms with E-state index in [0.29, 0.717) is 11.8 Å². The van der Waals surface area contributed by atoms with Crippen molar-refractivity contribution in [2.45, 2.75) is 12.1 Å². The predicted molar refractivity (Wildman–Crippen MR) is 59.9 cm³/mol. The number of aliphatic hydroxyl groups is 1. The van der Waals surface area contributed by atoms with Gasteiger partial charge in [-0.25, -0.2) is 8.42 Å². The molecule has 0 spiro atoms. The molecule has 0 amide bonds. The van der Waals surface area contributed by atoms with E-state index >= 15 is 0 Å². The van der Waals surface area contributed by atoms with Gasteiger partial charge in [0.05, 0.1) is 23.7 Å². The molecular weight excluding hydrogens is 228 g/mol. The number of hydrogen-bond acceptors (Lipinski definition) is 5. The number of sulfone groups is 1. The average molecular weight is 246 g/mol. The Balaban J connectivity index is 1.71. The van der Waals surface area contributed by atoms with Crippen LogP contribution in [0.25, 0.3) is 0 Å². The molecule has 0 saturated carbocycles. The molecular formula is C10H18N2O3S. The highest BCUT2D eigenvalue weighted by atomic mass is 32.2. The van der Waals surface area contributed by atoms with E-state index in [1.165, 1.54) is 0 Å². The third-order valence-corrected chi connectivity index (χ3v) is 5.88. The molecule has 16 heavy (non-hydrogen) atoms. The van der Waals surface area contributed by atoms with Crippen LogP contribution in [0, 0.1) is 11.8 Å². The molecule has 5 nitrogen and oxygen atoms in total. The molecule has 6 heteroatoms. The Kier molecular flexibility index (Phi) is 2.51. The number of aliphatic hydroxyl groups excluding tert-OH is 1. The molecule has 4 atom stereocenters. The van der Waals surface area contributed by atoms with Gasteiger partial charge >= 0.3 is 0 Å². The first-order valence-corrected chi connectivity index (χ1v) is 7.70. The second kappa shape index (κ2) is 3.66. The molecule has 92 valence electrons. The first kappa shape index (κ1) is 11.0. The molecule has 2 N–H and O–H groups in total. The van der Waals surface area contributed by atoms with Crippen molar-refractivity contribution < 1.29 is 13.5 Å². The molecule has 0 aromatic heterocycles. The first-order chi connectivity index (χ1) is 7.55. The minimum Gasteiger partial charge on any atom is -0.390 e. The van der Waals surface area contributed by atoms with Gasteiger partial charge in [-0.2, -0.15) is 0 Å². The fourth-order valence-electron chi connectivity index (χ4n) is 3.32. The van der Waals surface area contributed by atoms with Gasteiger partial charge in [-0.15, -0.1) is 0 Å². The van der Waals surface area contributed by atoms with Gasteiger partial charge in [-0.1, -0.05) is 0 Å². The highest BCUT2D eigenvalue weighted by Gasteiger charge is 2.45. The quantitative estimate of drug-likeness (QED) is 0.577. The molecule has 0 bridgehead atoms. The molecule has 3 fully saturated rings. The van der Waals surface area contributed by atoms with E-state index in [1.807, 2.05) is 0 Å². The van der Waals surface area contributed by atoms with E-state index in [4.69, 9.17) is 0 Å². The highest BCUT2D eigenvalue weighted by molar-refractivity contribution is 7.91. The second-order valence-corrected chi connectivity index (χ2v) is 7.50. The van der Waals surface area contributed by atoms with Gasteiger partial charge in [0, 0.05) is 13.1 Å².